The van der Waals surface area contributed by atoms with Gasteiger partial charge in [0.1, 0.15) is 73.2 Å². The number of aromatic nitrogens is 7. The van der Waals surface area contributed by atoms with Crippen LogP contribution in [0.3, 0.4) is 0 Å². The molecule has 0 amide bonds. The van der Waals surface area contributed by atoms with Crippen LogP contribution in [0.1, 0.15) is 173 Å². The number of rotatable bonds is 28. The summed E-state index contributed by atoms with van der Waals surface area (Å²) < 4.78 is 133. The Morgan fingerprint density at radius 1 is 0.557 bits per heavy atom. The number of hydrogen-bond acceptors (Lipinski definition) is 34. The van der Waals surface area contributed by atoms with Gasteiger partial charge in [-0.1, -0.05) is 41.9 Å². The van der Waals surface area contributed by atoms with Crippen LogP contribution in [-0.2, 0) is 92.5 Å². The van der Waals surface area contributed by atoms with Gasteiger partial charge in [0.2, 0.25) is 17.3 Å². The predicted molar refractivity (Wildman–Crippen MR) is 446 cm³/mol. The van der Waals surface area contributed by atoms with E-state index in [9.17, 15) is 63.4 Å². The zero-order valence-electron chi connectivity index (χ0n) is 66.4. The van der Waals surface area contributed by atoms with E-state index < -0.39 is 91.6 Å². The molecule has 0 radical (unpaired) electrons. The lowest BCUT2D eigenvalue weighted by Gasteiger charge is -2.30. The lowest BCUT2D eigenvalue weighted by atomic mass is 9.91. The number of aliphatic hydroxyl groups is 2. The number of carbonyl (C=O) groups is 4. The molecule has 3 saturated carbocycles. The molecule has 122 heavy (non-hydrogen) atoms. The molecule has 0 saturated heterocycles. The lowest BCUT2D eigenvalue weighted by molar-refractivity contribution is -0.149. The number of alkyl halides is 2. The molecule has 9 aromatic rings. The minimum atomic E-state index is -4.19. The Bertz CT molecular complexity index is 5720. The molecule has 652 valence electrons. The summed E-state index contributed by atoms with van der Waals surface area (Å²) in [5.74, 6) is -5.18. The Labute approximate surface area is 719 Å². The number of ketones is 3. The second kappa shape index (κ2) is 38.8. The molecule has 0 spiro atoms. The summed E-state index contributed by atoms with van der Waals surface area (Å²) in [4.78, 5) is 88.0. The monoisotopic (exact) mass is 1820 g/mol. The van der Waals surface area contributed by atoms with Gasteiger partial charge in [0.15, 0.2) is 0 Å². The van der Waals surface area contributed by atoms with E-state index in [4.69, 9.17) is 55.9 Å². The van der Waals surface area contributed by atoms with Gasteiger partial charge in [-0.15, -0.1) is 34.0 Å². The fraction of sp³-hybridized carbons (Fsp3) is 0.430. The van der Waals surface area contributed by atoms with Crippen molar-refractivity contribution in [1.29, 1.82) is 0 Å². The largest absolute Gasteiger partial charge is 0.461 e. The van der Waals surface area contributed by atoms with E-state index in [0.717, 1.165) is 61.8 Å². The van der Waals surface area contributed by atoms with Crippen molar-refractivity contribution in [3.8, 4) is 0 Å². The third kappa shape index (κ3) is 22.5. The average molecular weight is 1820 g/mol. The number of anilines is 3. The first-order valence-corrected chi connectivity index (χ1v) is 45.8. The molecule has 3 aliphatic carbocycles. The van der Waals surface area contributed by atoms with Gasteiger partial charge in [0, 0.05) is 98.8 Å². The van der Waals surface area contributed by atoms with E-state index >= 15 is 0 Å². The van der Waals surface area contributed by atoms with Crippen LogP contribution in [0.2, 0.25) is 5.02 Å². The van der Waals surface area contributed by atoms with E-state index in [1.54, 1.807) is 25.1 Å². The summed E-state index contributed by atoms with van der Waals surface area (Å²) in [6.07, 6.45) is 9.59. The van der Waals surface area contributed by atoms with Gasteiger partial charge in [-0.2, -0.15) is 34.0 Å². The molecule has 3 aliphatic heterocycles. The molecule has 10 heterocycles. The molecule has 2 unspecified atom stereocenters. The Morgan fingerprint density at radius 3 is 1.42 bits per heavy atom. The molecule has 43 heteroatoms. The molecular weight excluding hydrogens is 1730 g/mol. The highest BCUT2D eigenvalue weighted by atomic mass is 35.5. The molecule has 34 nitrogen and oxygen atoms in total. The van der Waals surface area contributed by atoms with E-state index in [1.165, 1.54) is 88.9 Å². The van der Waals surface area contributed by atoms with Gasteiger partial charge < -0.3 is 55.7 Å². The van der Waals surface area contributed by atoms with Gasteiger partial charge >= 0.3 is 42.8 Å². The summed E-state index contributed by atoms with van der Waals surface area (Å²) in [5.41, 5.74) is 14.3. The zero-order chi connectivity index (χ0) is 87.3. The topological polar surface area (TPSA) is 509 Å². The van der Waals surface area contributed by atoms with Crippen molar-refractivity contribution in [2.75, 3.05) is 76.2 Å². The van der Waals surface area contributed by atoms with Crippen molar-refractivity contribution < 1.29 is 94.9 Å². The van der Waals surface area contributed by atoms with Crippen molar-refractivity contribution in [2.24, 2.45) is 38.9 Å². The fourth-order valence-corrected chi connectivity index (χ4v) is 20.2. The number of fused-ring (bicyclic) bond motifs is 3. The molecular formula is C79H90ClF2N15O19S6. The maximum atomic E-state index is 14.4. The number of aryl methyl sites for hydroxylation is 3. The summed E-state index contributed by atoms with van der Waals surface area (Å²) in [6, 6.07) is 20.0. The summed E-state index contributed by atoms with van der Waals surface area (Å²) in [7, 11) is -8.34. The van der Waals surface area contributed by atoms with E-state index in [0.29, 0.717) is 87.7 Å². The number of benzene rings is 2. The number of ether oxygens (including phenoxy) is 4. The first-order chi connectivity index (χ1) is 57.9. The van der Waals surface area contributed by atoms with Gasteiger partial charge in [0.25, 0.3) is 0 Å². The number of halogens is 3. The predicted octanol–water partition coefficient (Wildman–Crippen LogP) is 7.70. The van der Waals surface area contributed by atoms with Crippen LogP contribution in [0.5, 0.6) is 0 Å². The summed E-state index contributed by atoms with van der Waals surface area (Å²) in [5, 5.41) is 45.8. The second-order valence-corrected chi connectivity index (χ2v) is 38.4. The molecule has 13 N–H and O–H groups in total. The summed E-state index contributed by atoms with van der Waals surface area (Å²) in [6.45, 7) is 5.84. The first kappa shape index (κ1) is 91.0. The Hall–Kier alpha value is -8.71. The molecule has 3 fully saturated rings. The summed E-state index contributed by atoms with van der Waals surface area (Å²) >= 11 is 10.3. The van der Waals surface area contributed by atoms with Gasteiger partial charge in [-0.3, -0.25) is 36.7 Å². The minimum absolute atomic E-state index is 0.183. The number of pyridine rings is 1. The van der Waals surface area contributed by atoms with Crippen LogP contribution in [0.4, 0.5) is 26.2 Å². The maximum Gasteiger partial charge on any atom is 0.333 e. The highest BCUT2D eigenvalue weighted by Gasteiger charge is 2.45. The van der Waals surface area contributed by atoms with Crippen LogP contribution in [-0.4, -0.2) is 195 Å². The number of thiophene rings is 3. The van der Waals surface area contributed by atoms with E-state index in [2.05, 4.69) is 82.3 Å². The number of hydrogen-bond donors (Lipinski definition) is 9. The van der Waals surface area contributed by atoms with Crippen LogP contribution in [0.15, 0.2) is 110 Å². The molecule has 7 aromatic heterocycles. The number of nitrogens with one attached hydrogen (secondary N) is 3. The molecule has 0 bridgehead atoms. The SMILES string of the molecule is Cc1sc(C(=O)c2cncnc2N[C@@H]2C[C@H](COS(N)(=O)=O)[C@@H](O)C2)cc1C1OCC(F)(F)c2ncccc21.Cc1sc(C(=O)c2cncnc2N[C@@H]2C[C@H](COS(N)(=O)=O)[C@@H](O)C2)cc1C1OCCc2ccc(CN(C)C)cc21.Cc1sc(C(=O)c2cncnc2N[C@@H]2C[C@H](COS(N)(=O)=O)[C@@H](OC(=O)CN)C2)cc1[C@@H]1OCCc2ccc(Cl)cc21. The van der Waals surface area contributed by atoms with Crippen molar-refractivity contribution in [3.63, 3.8) is 0 Å². The highest BCUT2D eigenvalue weighted by Crippen LogP contribution is 2.47. The molecule has 15 rings (SSSR count). The van der Waals surface area contributed by atoms with Gasteiger partial charge in [0.05, 0.1) is 83.1 Å². The lowest BCUT2D eigenvalue weighted by Crippen LogP contribution is -2.32. The van der Waals surface area contributed by atoms with Crippen molar-refractivity contribution in [2.45, 2.75) is 139 Å². The van der Waals surface area contributed by atoms with Crippen molar-refractivity contribution >= 4 is 117 Å². The normalized spacial score (nSPS) is 22.9. The van der Waals surface area contributed by atoms with E-state index in [1.807, 2.05) is 58.3 Å². The quantitative estimate of drug-likeness (QED) is 0.0167. The van der Waals surface area contributed by atoms with Crippen molar-refractivity contribution in [3.05, 3.63) is 217 Å². The molecule has 6 aliphatic rings. The van der Waals surface area contributed by atoms with Crippen LogP contribution >= 0.6 is 45.6 Å². The van der Waals surface area contributed by atoms with Gasteiger partial charge in [-0.05, 0) is 161 Å². The molecule has 2 aromatic carbocycles. The Morgan fingerprint density at radius 2 is 0.975 bits per heavy atom. The van der Waals surface area contributed by atoms with Crippen LogP contribution in [0, 0.1) is 38.5 Å². The Kier molecular flexibility index (Phi) is 29.0. The standard InChI is InChI=1S/C28H35N5O6S2.C27H30ClN5O7S2.C24H25F2N5O6S2/c1-16-21(27-22-8-17(13-33(2)3)4-5-18(22)6-7-38-27)11-25(40-16)26(35)23-12-30-15-31-28(23)32-20-9-19(24(34)10-20)14-39-41(29,36)37;1-14-19(26-20-7-17(28)3-2-15(20)4-5-38-26)9-23(41-14)25(35)21-11-31-13-32-27(21)33-18-6-16(12-39-42(30,36)37)22(8-18)40-24(34)10-29;1-12-16(21-15-3-2-4-29-22(15)24(25,26)10-36-21)7-19(38-12)20(33)17-8-28-11-30-23(17)31-14-5-13(18(32)6-14)9-37-39(27,34)35/h4-5,8,11-12,15,19-20,24,27,34H,6-7,9-10,13-14H2,1-3H3,(H2,29,36,37)(H,30,31,32);2-3,7,9,11,13,16,18,22,26H,4-6,8,10,12,29H2,1H3,(H2,30,36,37)(H,31,32,33);2-4,7-8,11,13-14,18,21,32H,5-6,9-10H2,1H3,(H2,27,34,35)(H,28,30,31)/t19-,20-,24+,27?;16-,18-,22+,26+;13-,14-,18+,21?/m111/s1. The van der Waals surface area contributed by atoms with Crippen LogP contribution in [0.25, 0.3) is 0 Å². The maximum absolute atomic E-state index is 14.4. The minimum Gasteiger partial charge on any atom is -0.461 e. The number of nitrogens with zero attached hydrogens (tertiary/aromatic N) is 8. The number of carbonyl (C=O) groups excluding carboxylic acids is 4. The second-order valence-electron chi connectivity index (χ2n) is 30.6. The third-order valence-corrected chi connectivity index (χ3v) is 26.4. The fourth-order valence-electron chi connectivity index (χ4n) is 15.9. The third-order valence-electron chi connectivity index (χ3n) is 21.6. The number of aliphatic hydroxyl groups excluding tert-OH is 2. The zero-order valence-corrected chi connectivity index (χ0v) is 72.1. The van der Waals surface area contributed by atoms with Crippen molar-refractivity contribution in [1.82, 2.24) is 39.8 Å². The average Bonchev–Trinajstić information content (AvgIpc) is 1.47. The van der Waals surface area contributed by atoms with Crippen LogP contribution < -0.4 is 37.1 Å². The Balaban J connectivity index is 0.000000158. The van der Waals surface area contributed by atoms with Gasteiger partial charge in [-0.25, -0.2) is 45.3 Å². The first-order valence-electron chi connectivity index (χ1n) is 38.6. The smallest absolute Gasteiger partial charge is 0.333 e. The highest BCUT2D eigenvalue weighted by molar-refractivity contribution is 7.84. The molecule has 12 atom stereocenters. The van der Waals surface area contributed by atoms with E-state index in [-0.39, 0.29) is 109 Å². The number of esters is 1. The number of nitrogens with two attached hydrogens (primary N) is 4.